The van der Waals surface area contributed by atoms with Crippen molar-refractivity contribution in [3.05, 3.63) is 29.8 Å². The lowest BCUT2D eigenvalue weighted by Gasteiger charge is -2.26. The third kappa shape index (κ3) is 4.03. The monoisotopic (exact) mass is 298 g/mol. The predicted molar refractivity (Wildman–Crippen MR) is 73.5 cm³/mol. The van der Waals surface area contributed by atoms with E-state index in [4.69, 9.17) is 5.11 Å². The van der Waals surface area contributed by atoms with E-state index in [1.807, 2.05) is 0 Å². The van der Waals surface area contributed by atoms with Gasteiger partial charge in [-0.1, -0.05) is 18.6 Å². The van der Waals surface area contributed by atoms with E-state index < -0.39 is 16.0 Å². The molecule has 2 rings (SSSR count). The van der Waals surface area contributed by atoms with Crippen LogP contribution in [-0.2, 0) is 21.2 Å². The highest BCUT2D eigenvalue weighted by Crippen LogP contribution is 2.13. The first-order valence-electron chi connectivity index (χ1n) is 6.55. The van der Waals surface area contributed by atoms with E-state index in [2.05, 4.69) is 4.83 Å². The molecule has 1 aliphatic rings. The minimum Gasteiger partial charge on any atom is -0.481 e. The molecule has 0 bridgehead atoms. The molecule has 1 aliphatic heterocycles. The lowest BCUT2D eigenvalue weighted by molar-refractivity contribution is -0.136. The average Bonchev–Trinajstić information content (AvgIpc) is 2.39. The van der Waals surface area contributed by atoms with E-state index in [9.17, 15) is 13.2 Å². The number of carboxylic acids is 1. The zero-order valence-electron chi connectivity index (χ0n) is 11.1. The molecule has 0 amide bonds. The van der Waals surface area contributed by atoms with Gasteiger partial charge in [0.05, 0.1) is 11.3 Å². The number of hydrogen-bond donors (Lipinski definition) is 2. The Morgan fingerprint density at radius 1 is 1.15 bits per heavy atom. The number of hydrazine groups is 1. The summed E-state index contributed by atoms with van der Waals surface area (Å²) in [6.45, 7) is 1.44. The summed E-state index contributed by atoms with van der Waals surface area (Å²) in [6.07, 6.45) is 2.99. The Morgan fingerprint density at radius 3 is 2.30 bits per heavy atom. The van der Waals surface area contributed by atoms with Crippen molar-refractivity contribution in [3.8, 4) is 0 Å². The lowest BCUT2D eigenvalue weighted by atomic mass is 10.2. The van der Waals surface area contributed by atoms with Gasteiger partial charge in [-0.3, -0.25) is 4.79 Å². The van der Waals surface area contributed by atoms with Gasteiger partial charge >= 0.3 is 5.97 Å². The van der Waals surface area contributed by atoms with Crippen molar-refractivity contribution in [2.24, 2.45) is 0 Å². The van der Waals surface area contributed by atoms with Crippen LogP contribution in [0.1, 0.15) is 24.8 Å². The molecular weight excluding hydrogens is 280 g/mol. The number of aliphatic carboxylic acids is 1. The third-order valence-corrected chi connectivity index (χ3v) is 4.59. The fourth-order valence-corrected chi connectivity index (χ4v) is 3.29. The molecule has 1 heterocycles. The van der Waals surface area contributed by atoms with Crippen molar-refractivity contribution < 1.29 is 18.3 Å². The molecule has 0 unspecified atom stereocenters. The number of hydrogen-bond acceptors (Lipinski definition) is 4. The Labute approximate surface area is 118 Å². The van der Waals surface area contributed by atoms with Gasteiger partial charge in [-0.05, 0) is 30.5 Å². The SMILES string of the molecule is O=C(O)Cc1ccc(S(=O)(=O)NN2CCCCC2)cc1. The molecule has 0 aliphatic carbocycles. The lowest BCUT2D eigenvalue weighted by Crippen LogP contribution is -2.44. The van der Waals surface area contributed by atoms with Crippen LogP contribution in [0, 0.1) is 0 Å². The molecule has 0 aromatic heterocycles. The van der Waals surface area contributed by atoms with E-state index in [0.717, 1.165) is 32.4 Å². The van der Waals surface area contributed by atoms with Crippen LogP contribution in [0.2, 0.25) is 0 Å². The van der Waals surface area contributed by atoms with Gasteiger partial charge in [-0.15, -0.1) is 4.83 Å². The summed E-state index contributed by atoms with van der Waals surface area (Å²) in [5.74, 6) is -0.938. The number of piperidine rings is 1. The first-order valence-corrected chi connectivity index (χ1v) is 8.04. The third-order valence-electron chi connectivity index (χ3n) is 3.19. The zero-order valence-corrected chi connectivity index (χ0v) is 11.9. The van der Waals surface area contributed by atoms with Crippen LogP contribution in [0.15, 0.2) is 29.2 Å². The number of benzene rings is 1. The van der Waals surface area contributed by atoms with Crippen LogP contribution in [0.25, 0.3) is 0 Å². The van der Waals surface area contributed by atoms with Gasteiger partial charge in [-0.2, -0.15) is 0 Å². The van der Waals surface area contributed by atoms with Crippen molar-refractivity contribution in [1.82, 2.24) is 9.84 Å². The second-order valence-electron chi connectivity index (χ2n) is 4.86. The Kier molecular flexibility index (Phi) is 4.74. The normalized spacial score (nSPS) is 17.0. The van der Waals surface area contributed by atoms with Crippen LogP contribution in [0.5, 0.6) is 0 Å². The summed E-state index contributed by atoms with van der Waals surface area (Å²) in [7, 11) is -3.58. The van der Waals surface area contributed by atoms with Crippen LogP contribution in [0.4, 0.5) is 0 Å². The summed E-state index contributed by atoms with van der Waals surface area (Å²) in [6, 6.07) is 5.92. The molecule has 7 heteroatoms. The zero-order chi connectivity index (χ0) is 14.6. The standard InChI is InChI=1S/C13H18N2O4S/c16-13(17)10-11-4-6-12(7-5-11)20(18,19)14-15-8-2-1-3-9-15/h4-7,14H,1-3,8-10H2,(H,16,17). The van der Waals surface area contributed by atoms with Gasteiger partial charge in [0.1, 0.15) is 0 Å². The van der Waals surface area contributed by atoms with Gasteiger partial charge in [0.25, 0.3) is 10.0 Å². The number of sulfonamides is 1. The second-order valence-corrected chi connectivity index (χ2v) is 6.52. The number of nitrogens with one attached hydrogen (secondary N) is 1. The largest absolute Gasteiger partial charge is 0.481 e. The summed E-state index contributed by atoms with van der Waals surface area (Å²) in [5.41, 5.74) is 0.578. The first-order chi connectivity index (χ1) is 9.47. The minimum absolute atomic E-state index is 0.111. The Bertz CT molecular complexity index is 563. The fourth-order valence-electron chi connectivity index (χ4n) is 2.17. The first kappa shape index (κ1) is 15.0. The fraction of sp³-hybridized carbons (Fsp3) is 0.462. The summed E-state index contributed by atoms with van der Waals surface area (Å²) in [4.78, 5) is 13.3. The summed E-state index contributed by atoms with van der Waals surface area (Å²) in [5, 5.41) is 10.4. The van der Waals surface area contributed by atoms with Crippen molar-refractivity contribution in [2.45, 2.75) is 30.6 Å². The second kappa shape index (κ2) is 6.34. The van der Waals surface area contributed by atoms with Crippen LogP contribution in [0.3, 0.4) is 0 Å². The Hall–Kier alpha value is -1.44. The molecule has 1 aromatic rings. The maximum atomic E-state index is 12.2. The van der Waals surface area contributed by atoms with E-state index in [1.54, 1.807) is 5.01 Å². The summed E-state index contributed by atoms with van der Waals surface area (Å²) < 4.78 is 24.3. The Balaban J connectivity index is 2.06. The average molecular weight is 298 g/mol. The number of carbonyl (C=O) groups is 1. The van der Waals surface area contributed by atoms with Gasteiger partial charge in [0.15, 0.2) is 0 Å². The van der Waals surface area contributed by atoms with E-state index >= 15 is 0 Å². The van der Waals surface area contributed by atoms with Gasteiger partial charge < -0.3 is 5.11 Å². The van der Waals surface area contributed by atoms with Crippen molar-refractivity contribution in [2.75, 3.05) is 13.1 Å². The van der Waals surface area contributed by atoms with Crippen LogP contribution < -0.4 is 4.83 Å². The predicted octanol–water partition coefficient (Wildman–Crippen LogP) is 0.993. The molecule has 2 N–H and O–H groups in total. The van der Waals surface area contributed by atoms with E-state index in [1.165, 1.54) is 24.3 Å². The highest BCUT2D eigenvalue weighted by molar-refractivity contribution is 7.89. The number of carboxylic acid groups (broad SMARTS) is 1. The van der Waals surface area contributed by atoms with Crippen molar-refractivity contribution in [3.63, 3.8) is 0 Å². The van der Waals surface area contributed by atoms with Crippen molar-refractivity contribution >= 4 is 16.0 Å². The minimum atomic E-state index is -3.58. The number of nitrogens with zero attached hydrogens (tertiary/aromatic N) is 1. The van der Waals surface area contributed by atoms with E-state index in [0.29, 0.717) is 5.56 Å². The molecule has 1 fully saturated rings. The molecule has 1 aromatic carbocycles. The van der Waals surface area contributed by atoms with Crippen molar-refractivity contribution in [1.29, 1.82) is 0 Å². The van der Waals surface area contributed by atoms with Crippen LogP contribution >= 0.6 is 0 Å². The smallest absolute Gasteiger partial charge is 0.307 e. The molecule has 0 saturated carbocycles. The van der Waals surface area contributed by atoms with E-state index in [-0.39, 0.29) is 11.3 Å². The molecule has 0 radical (unpaired) electrons. The highest BCUT2D eigenvalue weighted by atomic mass is 32.2. The summed E-state index contributed by atoms with van der Waals surface area (Å²) >= 11 is 0. The van der Waals surface area contributed by atoms with Crippen LogP contribution in [-0.4, -0.2) is 37.6 Å². The number of rotatable bonds is 5. The topological polar surface area (TPSA) is 86.7 Å². The Morgan fingerprint density at radius 2 is 1.75 bits per heavy atom. The van der Waals surface area contributed by atoms with Gasteiger partial charge in [-0.25, -0.2) is 13.4 Å². The van der Waals surface area contributed by atoms with Gasteiger partial charge in [0.2, 0.25) is 0 Å². The quantitative estimate of drug-likeness (QED) is 0.846. The molecule has 0 spiro atoms. The molecule has 20 heavy (non-hydrogen) atoms. The molecule has 110 valence electrons. The van der Waals surface area contributed by atoms with Gasteiger partial charge in [0, 0.05) is 13.1 Å². The highest BCUT2D eigenvalue weighted by Gasteiger charge is 2.19. The molecule has 1 saturated heterocycles. The maximum absolute atomic E-state index is 12.2. The molecule has 6 nitrogen and oxygen atoms in total. The maximum Gasteiger partial charge on any atom is 0.307 e. The molecule has 0 atom stereocenters. The molecular formula is C13H18N2O4S.